The third-order valence-corrected chi connectivity index (χ3v) is 3.68. The van der Waals surface area contributed by atoms with Gasteiger partial charge in [-0.1, -0.05) is 11.8 Å². The Hall–Kier alpha value is -1.04. The summed E-state index contributed by atoms with van der Waals surface area (Å²) >= 11 is 1.65. The van der Waals surface area contributed by atoms with Crippen molar-refractivity contribution in [3.63, 3.8) is 0 Å². The number of rotatable bonds is 6. The molecule has 1 aromatic heterocycles. The van der Waals surface area contributed by atoms with Gasteiger partial charge in [0.05, 0.1) is 0 Å². The molecule has 0 atom stereocenters. The van der Waals surface area contributed by atoms with Crippen LogP contribution in [-0.2, 0) is 11.3 Å². The molecule has 0 spiro atoms. The lowest BCUT2D eigenvalue weighted by molar-refractivity contribution is -0.118. The summed E-state index contributed by atoms with van der Waals surface area (Å²) in [4.78, 5) is 10.7. The van der Waals surface area contributed by atoms with Crippen LogP contribution in [0.15, 0.2) is 5.16 Å². The molecule has 1 fully saturated rings. The average molecular weight is 254 g/mol. The molecule has 1 N–H and O–H groups in total. The zero-order valence-corrected chi connectivity index (χ0v) is 11.1. The Balaban J connectivity index is 1.89. The lowest BCUT2D eigenvalue weighted by Gasteiger charge is -2.06. The zero-order chi connectivity index (χ0) is 12.3. The highest BCUT2D eigenvalue weighted by Crippen LogP contribution is 2.39. The molecule has 0 radical (unpaired) electrons. The van der Waals surface area contributed by atoms with Crippen LogP contribution >= 0.6 is 11.8 Å². The quantitative estimate of drug-likeness (QED) is 0.616. The molecule has 0 aromatic carbocycles. The number of nitrogens with one attached hydrogen (secondary N) is 1. The van der Waals surface area contributed by atoms with E-state index in [9.17, 15) is 4.79 Å². The molecule has 17 heavy (non-hydrogen) atoms. The smallest absolute Gasteiger partial charge is 0.216 e. The summed E-state index contributed by atoms with van der Waals surface area (Å²) in [5.41, 5.74) is 0. The Morgan fingerprint density at radius 2 is 2.29 bits per heavy atom. The molecule has 0 saturated heterocycles. The molecule has 1 amide bonds. The fourth-order valence-electron chi connectivity index (χ4n) is 1.72. The van der Waals surface area contributed by atoms with Crippen LogP contribution in [0.1, 0.15) is 38.4 Å². The summed E-state index contributed by atoms with van der Waals surface area (Å²) < 4.78 is 2.19. The summed E-state index contributed by atoms with van der Waals surface area (Å²) in [6.45, 7) is 5.24. The van der Waals surface area contributed by atoms with Crippen LogP contribution in [0.25, 0.3) is 0 Å². The Bertz CT molecular complexity index is 400. The first-order valence-corrected chi connectivity index (χ1v) is 7.01. The molecule has 1 aliphatic carbocycles. The molecule has 0 unspecified atom stereocenters. The lowest BCUT2D eigenvalue weighted by atomic mass is 10.4. The van der Waals surface area contributed by atoms with E-state index in [1.54, 1.807) is 11.8 Å². The van der Waals surface area contributed by atoms with Crippen LogP contribution in [0.5, 0.6) is 0 Å². The van der Waals surface area contributed by atoms with Crippen LogP contribution in [0, 0.1) is 0 Å². The van der Waals surface area contributed by atoms with E-state index in [1.807, 2.05) is 0 Å². The number of nitrogens with zero attached hydrogens (tertiary/aromatic N) is 3. The van der Waals surface area contributed by atoms with Crippen molar-refractivity contribution in [2.45, 2.75) is 44.3 Å². The van der Waals surface area contributed by atoms with Crippen LogP contribution in [0.3, 0.4) is 0 Å². The van der Waals surface area contributed by atoms with Crippen molar-refractivity contribution in [2.75, 3.05) is 12.3 Å². The van der Waals surface area contributed by atoms with E-state index in [1.165, 1.54) is 19.8 Å². The third-order valence-electron chi connectivity index (χ3n) is 2.71. The molecule has 0 aliphatic heterocycles. The van der Waals surface area contributed by atoms with Gasteiger partial charge in [0.1, 0.15) is 5.82 Å². The zero-order valence-electron chi connectivity index (χ0n) is 10.3. The number of hydrogen-bond acceptors (Lipinski definition) is 4. The molecule has 0 bridgehead atoms. The van der Waals surface area contributed by atoms with Gasteiger partial charge in [-0.3, -0.25) is 4.79 Å². The van der Waals surface area contributed by atoms with Crippen molar-refractivity contribution < 1.29 is 4.79 Å². The van der Waals surface area contributed by atoms with Gasteiger partial charge >= 0.3 is 0 Å². The predicted octanol–water partition coefficient (Wildman–Crippen LogP) is 1.40. The van der Waals surface area contributed by atoms with Gasteiger partial charge in [0, 0.05) is 31.7 Å². The lowest BCUT2D eigenvalue weighted by Crippen LogP contribution is -2.22. The predicted molar refractivity (Wildman–Crippen MR) is 67.1 cm³/mol. The minimum Gasteiger partial charge on any atom is -0.356 e. The molecular formula is C11H18N4OS. The first kappa shape index (κ1) is 12.4. The van der Waals surface area contributed by atoms with E-state index in [0.29, 0.717) is 12.5 Å². The van der Waals surface area contributed by atoms with E-state index in [4.69, 9.17) is 0 Å². The molecule has 1 saturated carbocycles. The van der Waals surface area contributed by atoms with Gasteiger partial charge in [-0.05, 0) is 19.8 Å². The van der Waals surface area contributed by atoms with Crippen molar-refractivity contribution in [1.29, 1.82) is 0 Å². The normalized spacial score (nSPS) is 14.9. The van der Waals surface area contributed by atoms with E-state index < -0.39 is 0 Å². The minimum absolute atomic E-state index is 0.0150. The number of carbonyl (C=O) groups excluding carboxylic acids is 1. The Morgan fingerprint density at radius 1 is 1.53 bits per heavy atom. The van der Waals surface area contributed by atoms with Gasteiger partial charge < -0.3 is 9.88 Å². The highest BCUT2D eigenvalue weighted by molar-refractivity contribution is 7.99. The highest BCUT2D eigenvalue weighted by Gasteiger charge is 2.29. The molecule has 6 heteroatoms. The molecule has 94 valence electrons. The van der Waals surface area contributed by atoms with Crippen molar-refractivity contribution in [3.05, 3.63) is 5.82 Å². The van der Waals surface area contributed by atoms with Gasteiger partial charge in [0.25, 0.3) is 0 Å². The van der Waals surface area contributed by atoms with Crippen molar-refractivity contribution in [2.24, 2.45) is 0 Å². The monoisotopic (exact) mass is 254 g/mol. The van der Waals surface area contributed by atoms with Gasteiger partial charge in [-0.25, -0.2) is 0 Å². The van der Waals surface area contributed by atoms with Crippen LogP contribution in [0.2, 0.25) is 0 Å². The standard InChI is InChI=1S/C11H18N4OS/c1-3-15-10(9-4-5-9)13-14-11(15)17-7-6-12-8(2)16/h9H,3-7H2,1-2H3,(H,12,16). The van der Waals surface area contributed by atoms with Gasteiger partial charge in [-0.15, -0.1) is 10.2 Å². The van der Waals surface area contributed by atoms with E-state index in [-0.39, 0.29) is 5.91 Å². The van der Waals surface area contributed by atoms with Gasteiger partial charge in [-0.2, -0.15) is 0 Å². The summed E-state index contributed by atoms with van der Waals surface area (Å²) in [6, 6.07) is 0. The Morgan fingerprint density at radius 3 is 2.88 bits per heavy atom. The van der Waals surface area contributed by atoms with Crippen molar-refractivity contribution >= 4 is 17.7 Å². The second-order valence-electron chi connectivity index (χ2n) is 4.19. The molecule has 2 rings (SSSR count). The maximum atomic E-state index is 10.7. The number of hydrogen-bond donors (Lipinski definition) is 1. The van der Waals surface area contributed by atoms with E-state index in [2.05, 4.69) is 27.0 Å². The minimum atomic E-state index is 0.0150. The molecular weight excluding hydrogens is 236 g/mol. The van der Waals surface area contributed by atoms with Crippen LogP contribution in [-0.4, -0.2) is 33.0 Å². The Labute approximate surface area is 105 Å². The molecule has 5 nitrogen and oxygen atoms in total. The van der Waals surface area contributed by atoms with Crippen LogP contribution in [0.4, 0.5) is 0 Å². The summed E-state index contributed by atoms with van der Waals surface area (Å²) in [6.07, 6.45) is 2.49. The molecule has 1 aliphatic rings. The third kappa shape index (κ3) is 3.21. The topological polar surface area (TPSA) is 59.8 Å². The largest absolute Gasteiger partial charge is 0.356 e. The maximum Gasteiger partial charge on any atom is 0.216 e. The molecule has 1 aromatic rings. The number of carbonyl (C=O) groups is 1. The number of thioether (sulfide) groups is 1. The first-order valence-electron chi connectivity index (χ1n) is 6.02. The number of aromatic nitrogens is 3. The van der Waals surface area contributed by atoms with E-state index >= 15 is 0 Å². The van der Waals surface area contributed by atoms with E-state index in [0.717, 1.165) is 23.3 Å². The second kappa shape index (κ2) is 5.53. The van der Waals surface area contributed by atoms with Gasteiger partial charge in [0.2, 0.25) is 5.91 Å². The first-order chi connectivity index (χ1) is 8.22. The maximum absolute atomic E-state index is 10.7. The Kier molecular flexibility index (Phi) is 4.04. The summed E-state index contributed by atoms with van der Waals surface area (Å²) in [7, 11) is 0. The second-order valence-corrected chi connectivity index (χ2v) is 5.25. The number of amides is 1. The molecule has 1 heterocycles. The van der Waals surface area contributed by atoms with Crippen molar-refractivity contribution in [3.8, 4) is 0 Å². The van der Waals surface area contributed by atoms with Gasteiger partial charge in [0.15, 0.2) is 5.16 Å². The summed E-state index contributed by atoms with van der Waals surface area (Å²) in [5.74, 6) is 2.62. The van der Waals surface area contributed by atoms with Crippen LogP contribution < -0.4 is 5.32 Å². The highest BCUT2D eigenvalue weighted by atomic mass is 32.2. The fraction of sp³-hybridized carbons (Fsp3) is 0.727. The average Bonchev–Trinajstić information content (AvgIpc) is 3.05. The SMILES string of the molecule is CCn1c(SCCNC(C)=O)nnc1C1CC1. The summed E-state index contributed by atoms with van der Waals surface area (Å²) in [5, 5.41) is 12.2. The fourth-order valence-corrected chi connectivity index (χ4v) is 2.58. The van der Waals surface area contributed by atoms with Crippen molar-refractivity contribution in [1.82, 2.24) is 20.1 Å².